The second kappa shape index (κ2) is 6.13. The fourth-order valence-electron chi connectivity index (χ4n) is 1.26. The third-order valence-corrected chi connectivity index (χ3v) is 4.16. The molecule has 1 aliphatic heterocycles. The minimum absolute atomic E-state index is 0.0728. The minimum atomic E-state index is 0.0728. The summed E-state index contributed by atoms with van der Waals surface area (Å²) in [5.74, 6) is 1.80. The molecule has 0 spiro atoms. The number of hydrogen-bond acceptors (Lipinski definition) is 3. The van der Waals surface area contributed by atoms with Crippen LogP contribution < -0.4 is 5.32 Å². The molecule has 1 rings (SSSR count). The Labute approximate surface area is 102 Å². The van der Waals surface area contributed by atoms with Gasteiger partial charge in [0.15, 0.2) is 5.17 Å². The highest BCUT2D eigenvalue weighted by Gasteiger charge is 2.20. The number of nitrogens with one attached hydrogen (secondary N) is 1. The van der Waals surface area contributed by atoms with Gasteiger partial charge in [-0.15, -0.1) is 0 Å². The largest absolute Gasteiger partial charge is 0.362 e. The zero-order valence-electron chi connectivity index (χ0n) is 10.5. The van der Waals surface area contributed by atoms with E-state index < -0.39 is 0 Å². The third kappa shape index (κ3) is 3.70. The molecule has 0 aromatic heterocycles. The zero-order valence-corrected chi connectivity index (χ0v) is 11.3. The van der Waals surface area contributed by atoms with Gasteiger partial charge in [0.05, 0.1) is 0 Å². The van der Waals surface area contributed by atoms with Gasteiger partial charge in [-0.2, -0.15) is 0 Å². The lowest BCUT2D eigenvalue weighted by Gasteiger charge is -2.28. The molecule has 0 bridgehead atoms. The first-order valence-corrected chi connectivity index (χ1v) is 6.71. The van der Waals surface area contributed by atoms with Crippen LogP contribution in [0.4, 0.5) is 0 Å². The molecule has 2 unspecified atom stereocenters. The van der Waals surface area contributed by atoms with Gasteiger partial charge in [-0.1, -0.05) is 18.7 Å². The van der Waals surface area contributed by atoms with Crippen molar-refractivity contribution >= 4 is 22.8 Å². The highest BCUT2D eigenvalue weighted by Crippen LogP contribution is 2.19. The summed E-state index contributed by atoms with van der Waals surface area (Å²) in [4.78, 5) is 17.5. The second-order valence-corrected chi connectivity index (χ2v) is 5.26. The standard InChI is InChI=1S/C11H21N3OS/c1-5-14(4)10(15)6-12-11-13-9(3)8(2)7-16-11/h8-9H,5-7H2,1-4H3,(H,12,13). The van der Waals surface area contributed by atoms with Gasteiger partial charge >= 0.3 is 0 Å². The third-order valence-electron chi connectivity index (χ3n) is 2.95. The van der Waals surface area contributed by atoms with E-state index in [0.29, 0.717) is 12.0 Å². The molecule has 1 amide bonds. The summed E-state index contributed by atoms with van der Waals surface area (Å²) >= 11 is 1.70. The molecule has 0 saturated carbocycles. The number of amidine groups is 1. The van der Waals surface area contributed by atoms with E-state index in [1.54, 1.807) is 23.7 Å². The van der Waals surface area contributed by atoms with Crippen LogP contribution in [-0.2, 0) is 4.79 Å². The van der Waals surface area contributed by atoms with Crippen LogP contribution in [-0.4, -0.2) is 47.9 Å². The molecule has 16 heavy (non-hydrogen) atoms. The van der Waals surface area contributed by atoms with Crippen molar-refractivity contribution in [1.82, 2.24) is 10.2 Å². The van der Waals surface area contributed by atoms with Crippen LogP contribution in [0.25, 0.3) is 0 Å². The van der Waals surface area contributed by atoms with Crippen molar-refractivity contribution in [3.8, 4) is 0 Å². The van der Waals surface area contributed by atoms with Gasteiger partial charge in [0.2, 0.25) is 5.91 Å². The number of likely N-dealkylation sites (N-methyl/N-ethyl adjacent to an activating group) is 1. The molecule has 0 aromatic rings. The van der Waals surface area contributed by atoms with Gasteiger partial charge in [0, 0.05) is 25.4 Å². The predicted molar refractivity (Wildman–Crippen MR) is 69.8 cm³/mol. The van der Waals surface area contributed by atoms with Crippen molar-refractivity contribution < 1.29 is 4.79 Å². The van der Waals surface area contributed by atoms with Crippen LogP contribution in [0.1, 0.15) is 20.8 Å². The van der Waals surface area contributed by atoms with Crippen molar-refractivity contribution in [1.29, 1.82) is 0 Å². The summed E-state index contributed by atoms with van der Waals surface area (Å²) in [6, 6.07) is 0.444. The molecular formula is C11H21N3OS. The fourth-order valence-corrected chi connectivity index (χ4v) is 2.40. The van der Waals surface area contributed by atoms with E-state index in [1.807, 2.05) is 6.92 Å². The average Bonchev–Trinajstić information content (AvgIpc) is 2.29. The SMILES string of the molecule is CCN(C)C(=O)CN=C1NC(C)C(C)CS1. The number of thioether (sulfide) groups is 1. The van der Waals surface area contributed by atoms with Crippen LogP contribution in [0.2, 0.25) is 0 Å². The van der Waals surface area contributed by atoms with Crippen molar-refractivity contribution in [2.24, 2.45) is 10.9 Å². The molecule has 1 N–H and O–H groups in total. The van der Waals surface area contributed by atoms with E-state index in [-0.39, 0.29) is 12.5 Å². The lowest BCUT2D eigenvalue weighted by atomic mass is 10.1. The smallest absolute Gasteiger partial charge is 0.244 e. The molecule has 1 aliphatic rings. The van der Waals surface area contributed by atoms with Crippen LogP contribution in [0.3, 0.4) is 0 Å². The van der Waals surface area contributed by atoms with E-state index in [2.05, 4.69) is 24.2 Å². The Morgan fingerprint density at radius 3 is 2.88 bits per heavy atom. The Bertz CT molecular complexity index is 280. The Kier molecular flexibility index (Phi) is 5.12. The number of hydrogen-bond donors (Lipinski definition) is 1. The number of amides is 1. The van der Waals surface area contributed by atoms with Crippen LogP contribution in [0.15, 0.2) is 4.99 Å². The first-order valence-electron chi connectivity index (χ1n) is 5.72. The minimum Gasteiger partial charge on any atom is -0.362 e. The number of carbonyl (C=O) groups excluding carboxylic acids is 1. The van der Waals surface area contributed by atoms with Crippen LogP contribution in [0.5, 0.6) is 0 Å². The number of rotatable bonds is 3. The number of aliphatic imine (C=N–C) groups is 1. The quantitative estimate of drug-likeness (QED) is 0.809. The van der Waals surface area contributed by atoms with Crippen molar-refractivity contribution in [3.05, 3.63) is 0 Å². The van der Waals surface area contributed by atoms with Gasteiger partial charge in [0.1, 0.15) is 6.54 Å². The molecule has 1 saturated heterocycles. The van der Waals surface area contributed by atoms with Crippen molar-refractivity contribution in [3.63, 3.8) is 0 Å². The molecule has 0 aromatic carbocycles. The maximum absolute atomic E-state index is 11.5. The molecule has 4 nitrogen and oxygen atoms in total. The Morgan fingerprint density at radius 2 is 2.31 bits per heavy atom. The Hall–Kier alpha value is -0.710. The van der Waals surface area contributed by atoms with Gasteiger partial charge in [0.25, 0.3) is 0 Å². The van der Waals surface area contributed by atoms with Gasteiger partial charge in [-0.25, -0.2) is 0 Å². The fraction of sp³-hybridized carbons (Fsp3) is 0.818. The number of nitrogens with zero attached hydrogens (tertiary/aromatic N) is 2. The maximum Gasteiger partial charge on any atom is 0.244 e. The zero-order chi connectivity index (χ0) is 12.1. The lowest BCUT2D eigenvalue weighted by molar-refractivity contribution is -0.128. The molecular weight excluding hydrogens is 222 g/mol. The Balaban J connectivity index is 2.43. The second-order valence-electron chi connectivity index (χ2n) is 4.25. The molecule has 2 atom stereocenters. The molecule has 5 heteroatoms. The van der Waals surface area contributed by atoms with Gasteiger partial charge in [-0.3, -0.25) is 9.79 Å². The molecule has 1 heterocycles. The lowest BCUT2D eigenvalue weighted by Crippen LogP contribution is -2.42. The van der Waals surface area contributed by atoms with Crippen LogP contribution in [0, 0.1) is 5.92 Å². The van der Waals surface area contributed by atoms with Gasteiger partial charge in [-0.05, 0) is 19.8 Å². The maximum atomic E-state index is 11.5. The molecule has 92 valence electrons. The summed E-state index contributed by atoms with van der Waals surface area (Å²) in [7, 11) is 1.80. The highest BCUT2D eigenvalue weighted by molar-refractivity contribution is 8.13. The van der Waals surface area contributed by atoms with E-state index in [9.17, 15) is 4.79 Å². The van der Waals surface area contributed by atoms with E-state index >= 15 is 0 Å². The summed E-state index contributed by atoms with van der Waals surface area (Å²) in [6.07, 6.45) is 0. The van der Waals surface area contributed by atoms with Crippen LogP contribution >= 0.6 is 11.8 Å². The van der Waals surface area contributed by atoms with E-state index in [1.165, 1.54) is 0 Å². The molecule has 1 fully saturated rings. The first-order chi connectivity index (χ1) is 7.54. The summed E-state index contributed by atoms with van der Waals surface area (Å²) in [6.45, 7) is 7.32. The van der Waals surface area contributed by atoms with E-state index in [0.717, 1.165) is 17.5 Å². The molecule has 0 aliphatic carbocycles. The summed E-state index contributed by atoms with van der Waals surface area (Å²) < 4.78 is 0. The topological polar surface area (TPSA) is 44.7 Å². The molecule has 0 radical (unpaired) electrons. The normalized spacial score (nSPS) is 27.6. The monoisotopic (exact) mass is 243 g/mol. The van der Waals surface area contributed by atoms with Crippen molar-refractivity contribution in [2.75, 3.05) is 25.9 Å². The average molecular weight is 243 g/mol. The van der Waals surface area contributed by atoms with E-state index in [4.69, 9.17) is 0 Å². The van der Waals surface area contributed by atoms with Gasteiger partial charge < -0.3 is 10.2 Å². The first kappa shape index (κ1) is 13.4. The summed E-state index contributed by atoms with van der Waals surface area (Å²) in [5.41, 5.74) is 0. The highest BCUT2D eigenvalue weighted by atomic mass is 32.2. The number of carbonyl (C=O) groups is 1. The summed E-state index contributed by atoms with van der Waals surface area (Å²) in [5, 5.41) is 4.23. The van der Waals surface area contributed by atoms with Crippen molar-refractivity contribution in [2.45, 2.75) is 26.8 Å². The predicted octanol–water partition coefficient (Wildman–Crippen LogP) is 1.18. The Morgan fingerprint density at radius 1 is 1.62 bits per heavy atom.